The van der Waals surface area contributed by atoms with Crippen LogP contribution in [0.5, 0.6) is 0 Å². The van der Waals surface area contributed by atoms with Gasteiger partial charge in [0, 0.05) is 43.9 Å². The van der Waals surface area contributed by atoms with E-state index >= 15 is 0 Å². The van der Waals surface area contributed by atoms with E-state index in [-0.39, 0.29) is 35.8 Å². The zero-order valence-electron chi connectivity index (χ0n) is 16.8. The van der Waals surface area contributed by atoms with Gasteiger partial charge in [-0.2, -0.15) is 0 Å². The monoisotopic (exact) mass is 526 g/mol. The molecule has 1 fully saturated rings. The average Bonchev–Trinajstić information content (AvgIpc) is 3.19. The van der Waals surface area contributed by atoms with Crippen LogP contribution in [-0.4, -0.2) is 57.3 Å². The van der Waals surface area contributed by atoms with Gasteiger partial charge in [0.25, 0.3) is 0 Å². The molecule has 0 saturated carbocycles. The Bertz CT molecular complexity index is 579. The maximum atomic E-state index is 14.5. The molecule has 0 aliphatic carbocycles. The van der Waals surface area contributed by atoms with Crippen molar-refractivity contribution in [3.63, 3.8) is 0 Å². The number of rotatable bonds is 10. The number of hydrogen-bond donors (Lipinski definition) is 2. The summed E-state index contributed by atoms with van der Waals surface area (Å²) >= 11 is 6.34. The molecule has 1 atom stereocenters. The van der Waals surface area contributed by atoms with Crippen LogP contribution >= 0.6 is 35.6 Å². The van der Waals surface area contributed by atoms with Gasteiger partial charge in [0.15, 0.2) is 5.96 Å². The number of guanidine groups is 1. The van der Waals surface area contributed by atoms with Gasteiger partial charge in [-0.3, -0.25) is 9.89 Å². The predicted octanol–water partition coefficient (Wildman–Crippen LogP) is 4.22. The molecule has 1 heterocycles. The molecule has 0 spiro atoms. The molecule has 0 amide bonds. The van der Waals surface area contributed by atoms with Crippen molar-refractivity contribution in [3.05, 3.63) is 34.6 Å². The van der Waals surface area contributed by atoms with E-state index in [9.17, 15) is 4.39 Å². The van der Waals surface area contributed by atoms with Gasteiger partial charge in [-0.25, -0.2) is 4.39 Å². The number of halogens is 3. The van der Waals surface area contributed by atoms with Gasteiger partial charge in [0.2, 0.25) is 0 Å². The Labute approximate surface area is 190 Å². The molecule has 0 aromatic heterocycles. The molecular formula is C20H33ClFIN4O. The van der Waals surface area contributed by atoms with Gasteiger partial charge in [0.05, 0.1) is 6.04 Å². The highest BCUT2D eigenvalue weighted by molar-refractivity contribution is 14.0. The van der Waals surface area contributed by atoms with Crippen molar-refractivity contribution in [3.8, 4) is 0 Å². The quantitative estimate of drug-likeness (QED) is 0.208. The number of hydrogen-bond acceptors (Lipinski definition) is 3. The van der Waals surface area contributed by atoms with E-state index in [0.717, 1.165) is 64.5 Å². The number of aliphatic imine (C=N–C) groups is 1. The van der Waals surface area contributed by atoms with E-state index in [0.29, 0.717) is 17.1 Å². The molecule has 0 radical (unpaired) electrons. The third-order valence-electron chi connectivity index (χ3n) is 4.81. The van der Waals surface area contributed by atoms with Crippen LogP contribution in [0.25, 0.3) is 0 Å². The first kappa shape index (κ1) is 25.4. The van der Waals surface area contributed by atoms with Crippen LogP contribution in [0.2, 0.25) is 5.02 Å². The lowest BCUT2D eigenvalue weighted by Gasteiger charge is -2.29. The molecule has 0 bridgehead atoms. The number of unbranched alkanes of at least 4 members (excludes halogenated alkanes) is 1. The first-order chi connectivity index (χ1) is 13.2. The summed E-state index contributed by atoms with van der Waals surface area (Å²) in [4.78, 5) is 6.58. The minimum Gasteiger partial charge on any atom is -0.382 e. The Morgan fingerprint density at radius 1 is 1.29 bits per heavy atom. The molecule has 5 nitrogen and oxygen atoms in total. The van der Waals surface area contributed by atoms with Gasteiger partial charge in [0.1, 0.15) is 5.82 Å². The van der Waals surface area contributed by atoms with Crippen LogP contribution in [0.3, 0.4) is 0 Å². The molecular weight excluding hydrogens is 494 g/mol. The lowest BCUT2D eigenvalue weighted by molar-refractivity contribution is 0.143. The maximum Gasteiger partial charge on any atom is 0.191 e. The van der Waals surface area contributed by atoms with Crippen molar-refractivity contribution in [1.29, 1.82) is 0 Å². The fourth-order valence-electron chi connectivity index (χ4n) is 3.39. The van der Waals surface area contributed by atoms with E-state index < -0.39 is 0 Å². The molecule has 1 unspecified atom stereocenters. The van der Waals surface area contributed by atoms with E-state index in [1.165, 1.54) is 6.07 Å². The SMILES string of the molecule is CCOCCCCNC(=NC)NCC(c1c(F)cccc1Cl)N1CCCC1.I. The number of benzene rings is 1. The fourth-order valence-corrected chi connectivity index (χ4v) is 3.68. The summed E-state index contributed by atoms with van der Waals surface area (Å²) in [7, 11) is 1.75. The second-order valence-electron chi connectivity index (χ2n) is 6.68. The maximum absolute atomic E-state index is 14.5. The normalized spacial score (nSPS) is 15.9. The predicted molar refractivity (Wildman–Crippen MR) is 125 cm³/mol. The van der Waals surface area contributed by atoms with Crippen LogP contribution in [0.1, 0.15) is 44.2 Å². The molecule has 1 aliphatic rings. The van der Waals surface area contributed by atoms with Gasteiger partial charge in [-0.05, 0) is 57.8 Å². The molecule has 28 heavy (non-hydrogen) atoms. The molecule has 1 aromatic rings. The van der Waals surface area contributed by atoms with E-state index in [1.807, 2.05) is 6.92 Å². The number of nitrogens with one attached hydrogen (secondary N) is 2. The van der Waals surface area contributed by atoms with Crippen molar-refractivity contribution in [2.45, 2.75) is 38.6 Å². The minimum atomic E-state index is -0.250. The Hall–Kier alpha value is -0.640. The summed E-state index contributed by atoms with van der Waals surface area (Å²) in [6, 6.07) is 4.78. The summed E-state index contributed by atoms with van der Waals surface area (Å²) in [5.41, 5.74) is 0.570. The van der Waals surface area contributed by atoms with Crippen LogP contribution in [0.15, 0.2) is 23.2 Å². The first-order valence-corrected chi connectivity index (χ1v) is 10.2. The Morgan fingerprint density at radius 2 is 2.04 bits per heavy atom. The second-order valence-corrected chi connectivity index (χ2v) is 7.09. The fraction of sp³-hybridized carbons (Fsp3) is 0.650. The van der Waals surface area contributed by atoms with Gasteiger partial charge < -0.3 is 15.4 Å². The number of likely N-dealkylation sites (tertiary alicyclic amines) is 1. The molecule has 1 aromatic carbocycles. The van der Waals surface area contributed by atoms with Crippen LogP contribution in [0.4, 0.5) is 4.39 Å². The zero-order chi connectivity index (χ0) is 19.5. The van der Waals surface area contributed by atoms with Crippen molar-refractivity contribution in [2.75, 3.05) is 46.4 Å². The third-order valence-corrected chi connectivity index (χ3v) is 5.14. The highest BCUT2D eigenvalue weighted by Gasteiger charge is 2.27. The van der Waals surface area contributed by atoms with Crippen molar-refractivity contribution < 1.29 is 9.13 Å². The summed E-state index contributed by atoms with van der Waals surface area (Å²) in [6.45, 7) is 6.84. The smallest absolute Gasteiger partial charge is 0.191 e. The van der Waals surface area contributed by atoms with E-state index in [2.05, 4.69) is 20.5 Å². The van der Waals surface area contributed by atoms with Crippen molar-refractivity contribution in [2.24, 2.45) is 4.99 Å². The minimum absolute atomic E-state index is 0. The standard InChI is InChI=1S/C20H32ClFN4O.HI/c1-3-27-14-7-4-11-24-20(23-2)25-15-18(26-12-5-6-13-26)19-16(21)9-8-10-17(19)22;/h8-10,18H,3-7,11-15H2,1-2H3,(H2,23,24,25);1H. The highest BCUT2D eigenvalue weighted by atomic mass is 127. The molecule has 2 N–H and O–H groups in total. The largest absolute Gasteiger partial charge is 0.382 e. The molecule has 1 aliphatic heterocycles. The van der Waals surface area contributed by atoms with Crippen LogP contribution in [0, 0.1) is 5.82 Å². The zero-order valence-corrected chi connectivity index (χ0v) is 19.9. The molecule has 1 saturated heterocycles. The Morgan fingerprint density at radius 3 is 2.68 bits per heavy atom. The third kappa shape index (κ3) is 8.00. The summed E-state index contributed by atoms with van der Waals surface area (Å²) in [5, 5.41) is 7.13. The number of ether oxygens (including phenoxy) is 1. The number of nitrogens with zero attached hydrogens (tertiary/aromatic N) is 2. The van der Waals surface area contributed by atoms with E-state index in [1.54, 1.807) is 19.2 Å². The average molecular weight is 527 g/mol. The van der Waals surface area contributed by atoms with Gasteiger partial charge in [-0.15, -0.1) is 24.0 Å². The Balaban J connectivity index is 0.00000392. The second kappa shape index (κ2) is 14.4. The van der Waals surface area contributed by atoms with Crippen LogP contribution < -0.4 is 10.6 Å². The van der Waals surface area contributed by atoms with Crippen molar-refractivity contribution in [1.82, 2.24) is 15.5 Å². The van der Waals surface area contributed by atoms with Gasteiger partial charge in [-0.1, -0.05) is 17.7 Å². The summed E-state index contributed by atoms with van der Waals surface area (Å²) in [6.07, 6.45) is 4.29. The summed E-state index contributed by atoms with van der Waals surface area (Å²) in [5.74, 6) is 0.475. The molecule has 2 rings (SSSR count). The summed E-state index contributed by atoms with van der Waals surface area (Å²) < 4.78 is 19.9. The topological polar surface area (TPSA) is 48.9 Å². The highest BCUT2D eigenvalue weighted by Crippen LogP contribution is 2.31. The van der Waals surface area contributed by atoms with Gasteiger partial charge >= 0.3 is 0 Å². The van der Waals surface area contributed by atoms with E-state index in [4.69, 9.17) is 16.3 Å². The Kier molecular flexibility index (Phi) is 13.0. The lowest BCUT2D eigenvalue weighted by atomic mass is 10.0. The van der Waals surface area contributed by atoms with Crippen LogP contribution in [-0.2, 0) is 4.74 Å². The molecule has 8 heteroatoms. The van der Waals surface area contributed by atoms with Crippen molar-refractivity contribution >= 4 is 41.5 Å². The first-order valence-electron chi connectivity index (χ1n) is 9.87. The lowest BCUT2D eigenvalue weighted by Crippen LogP contribution is -2.43. The molecule has 160 valence electrons.